The highest BCUT2D eigenvalue weighted by Crippen LogP contribution is 2.45. The number of carbonyl (C=O) groups excluding carboxylic acids is 2. The first-order chi connectivity index (χ1) is 15.7. The van der Waals surface area contributed by atoms with Crippen molar-refractivity contribution >= 4 is 29.5 Å². The molecule has 1 aromatic carbocycles. The Kier molecular flexibility index (Phi) is 9.16. The number of nitrogens with one attached hydrogen (secondary N) is 1. The number of benzene rings is 1. The average molecular weight is 482 g/mol. The molecule has 0 fully saturated rings. The van der Waals surface area contributed by atoms with E-state index in [2.05, 4.69) is 5.32 Å². The molecule has 0 saturated heterocycles. The Balaban J connectivity index is 2.73. The molecule has 10 heteroatoms. The second-order valence-electron chi connectivity index (χ2n) is 7.02. The zero-order valence-electron chi connectivity index (χ0n) is 19.2. The molecule has 2 rings (SSSR count). The first kappa shape index (κ1) is 26.1. The summed E-state index contributed by atoms with van der Waals surface area (Å²) in [5.74, 6) is -3.00. The van der Waals surface area contributed by atoms with E-state index in [1.165, 1.54) is 6.07 Å². The van der Waals surface area contributed by atoms with Crippen molar-refractivity contribution in [2.45, 2.75) is 40.5 Å². The summed E-state index contributed by atoms with van der Waals surface area (Å²) in [6.07, 6.45) is 0. The lowest BCUT2D eigenvalue weighted by molar-refractivity contribution is -0.140. The van der Waals surface area contributed by atoms with Crippen LogP contribution in [0.3, 0.4) is 0 Å². The Bertz CT molecular complexity index is 958. The molecule has 0 amide bonds. The minimum Gasteiger partial charge on any atom is -0.490 e. The predicted molar refractivity (Wildman–Crippen MR) is 120 cm³/mol. The average Bonchev–Trinajstić information content (AvgIpc) is 2.72. The third-order valence-corrected chi connectivity index (χ3v) is 5.04. The van der Waals surface area contributed by atoms with Gasteiger partial charge in [-0.15, -0.1) is 0 Å². The summed E-state index contributed by atoms with van der Waals surface area (Å²) in [5, 5.41) is 12.1. The lowest BCUT2D eigenvalue weighted by Crippen LogP contribution is -2.32. The summed E-state index contributed by atoms with van der Waals surface area (Å²) in [6.45, 7) is 8.45. The molecule has 0 aromatic heterocycles. The maximum atomic E-state index is 12.9. The Morgan fingerprint density at radius 2 is 1.48 bits per heavy atom. The lowest BCUT2D eigenvalue weighted by Gasteiger charge is -2.31. The molecule has 0 aliphatic carbocycles. The standard InChI is InChI=1S/C23H28ClNO8/c1-6-30-16-10-14(9-15(24)21(16)33-11-17(26)27)20-18(22(28)31-7-2)12(4)25-13(5)19(20)23(29)32-8-3/h9-10,20,25H,6-8,11H2,1-5H3,(H,26,27). The van der Waals surface area contributed by atoms with Crippen molar-refractivity contribution in [2.75, 3.05) is 26.4 Å². The molecule has 0 radical (unpaired) electrons. The van der Waals surface area contributed by atoms with Gasteiger partial charge in [-0.3, -0.25) is 0 Å². The molecule has 1 aliphatic heterocycles. The number of aliphatic carboxylic acids is 1. The maximum Gasteiger partial charge on any atom is 0.341 e. The van der Waals surface area contributed by atoms with E-state index < -0.39 is 30.4 Å². The van der Waals surface area contributed by atoms with Crippen molar-refractivity contribution in [3.63, 3.8) is 0 Å². The van der Waals surface area contributed by atoms with Crippen LogP contribution in [0.5, 0.6) is 11.5 Å². The molecule has 0 unspecified atom stereocenters. The summed E-state index contributed by atoms with van der Waals surface area (Å²) in [5.41, 5.74) is 1.94. The van der Waals surface area contributed by atoms with Gasteiger partial charge in [-0.1, -0.05) is 11.6 Å². The molecule has 0 saturated carbocycles. The Morgan fingerprint density at radius 1 is 0.939 bits per heavy atom. The fourth-order valence-electron chi connectivity index (χ4n) is 3.58. The van der Waals surface area contributed by atoms with Gasteiger partial charge in [0.25, 0.3) is 0 Å². The van der Waals surface area contributed by atoms with E-state index in [0.29, 0.717) is 17.0 Å². The number of ether oxygens (including phenoxy) is 4. The number of carboxylic acid groups (broad SMARTS) is 1. The third-order valence-electron chi connectivity index (χ3n) is 4.76. The van der Waals surface area contributed by atoms with Crippen LogP contribution >= 0.6 is 11.6 Å². The van der Waals surface area contributed by atoms with E-state index in [9.17, 15) is 14.4 Å². The van der Waals surface area contributed by atoms with E-state index in [4.69, 9.17) is 35.7 Å². The summed E-state index contributed by atoms with van der Waals surface area (Å²) in [7, 11) is 0. The zero-order chi connectivity index (χ0) is 24.7. The van der Waals surface area contributed by atoms with Crippen LogP contribution < -0.4 is 14.8 Å². The molecule has 180 valence electrons. The monoisotopic (exact) mass is 481 g/mol. The minimum atomic E-state index is -1.18. The smallest absolute Gasteiger partial charge is 0.341 e. The van der Waals surface area contributed by atoms with E-state index in [1.54, 1.807) is 40.7 Å². The molecule has 0 atom stereocenters. The highest BCUT2D eigenvalue weighted by molar-refractivity contribution is 6.32. The molecular weight excluding hydrogens is 454 g/mol. The maximum absolute atomic E-state index is 12.9. The number of hydrogen-bond donors (Lipinski definition) is 2. The van der Waals surface area contributed by atoms with Crippen molar-refractivity contribution in [3.8, 4) is 11.5 Å². The molecule has 33 heavy (non-hydrogen) atoms. The molecule has 0 bridgehead atoms. The van der Waals surface area contributed by atoms with Crippen LogP contribution in [0.2, 0.25) is 5.02 Å². The number of carbonyl (C=O) groups is 3. The van der Waals surface area contributed by atoms with Gasteiger partial charge in [0.15, 0.2) is 18.1 Å². The van der Waals surface area contributed by atoms with Gasteiger partial charge in [0.05, 0.1) is 41.9 Å². The van der Waals surface area contributed by atoms with E-state index in [1.807, 2.05) is 0 Å². The van der Waals surface area contributed by atoms with Crippen LogP contribution in [0.15, 0.2) is 34.7 Å². The summed E-state index contributed by atoms with van der Waals surface area (Å²) in [6, 6.07) is 3.08. The number of carboxylic acids is 1. The quantitative estimate of drug-likeness (QED) is 0.483. The van der Waals surface area contributed by atoms with Crippen molar-refractivity contribution < 1.29 is 38.4 Å². The minimum absolute atomic E-state index is 0.0513. The zero-order valence-corrected chi connectivity index (χ0v) is 20.0. The molecule has 1 heterocycles. The van der Waals surface area contributed by atoms with Crippen LogP contribution in [0.1, 0.15) is 46.1 Å². The fourth-order valence-corrected chi connectivity index (χ4v) is 3.85. The second kappa shape index (κ2) is 11.6. The molecule has 2 N–H and O–H groups in total. The van der Waals surface area contributed by atoms with Crippen molar-refractivity contribution in [1.82, 2.24) is 5.32 Å². The number of hydrogen-bond acceptors (Lipinski definition) is 8. The van der Waals surface area contributed by atoms with Crippen molar-refractivity contribution in [2.24, 2.45) is 0 Å². The second-order valence-corrected chi connectivity index (χ2v) is 7.43. The molecule has 9 nitrogen and oxygen atoms in total. The van der Waals surface area contributed by atoms with E-state index in [-0.39, 0.29) is 47.5 Å². The first-order valence-corrected chi connectivity index (χ1v) is 10.9. The third kappa shape index (κ3) is 5.98. The highest BCUT2D eigenvalue weighted by Gasteiger charge is 2.38. The number of esters is 2. The summed E-state index contributed by atoms with van der Waals surface area (Å²) < 4.78 is 21.5. The Morgan fingerprint density at radius 3 is 1.94 bits per heavy atom. The topological polar surface area (TPSA) is 120 Å². The predicted octanol–water partition coefficient (Wildman–Crippen LogP) is 3.56. The van der Waals surface area contributed by atoms with Gasteiger partial charge >= 0.3 is 17.9 Å². The van der Waals surface area contributed by atoms with Gasteiger partial charge in [-0.2, -0.15) is 0 Å². The molecule has 1 aromatic rings. The van der Waals surface area contributed by atoms with Crippen LogP contribution in [0, 0.1) is 0 Å². The van der Waals surface area contributed by atoms with Gasteiger partial charge in [-0.25, -0.2) is 14.4 Å². The number of halogens is 1. The van der Waals surface area contributed by atoms with Gasteiger partial charge in [-0.05, 0) is 52.3 Å². The number of rotatable bonds is 10. The van der Waals surface area contributed by atoms with Gasteiger partial charge < -0.3 is 29.4 Å². The Labute approximate surface area is 197 Å². The molecule has 0 spiro atoms. The summed E-state index contributed by atoms with van der Waals surface area (Å²) >= 11 is 6.44. The van der Waals surface area contributed by atoms with Gasteiger partial charge in [0.1, 0.15) is 0 Å². The molecular formula is C23H28ClNO8. The highest BCUT2D eigenvalue weighted by atomic mass is 35.5. The van der Waals surface area contributed by atoms with Gasteiger partial charge in [0, 0.05) is 11.4 Å². The van der Waals surface area contributed by atoms with Crippen molar-refractivity contribution in [3.05, 3.63) is 45.3 Å². The molecule has 1 aliphatic rings. The van der Waals surface area contributed by atoms with Crippen LogP contribution in [0.25, 0.3) is 0 Å². The van der Waals surface area contributed by atoms with Crippen LogP contribution in [-0.2, 0) is 23.9 Å². The van der Waals surface area contributed by atoms with Crippen molar-refractivity contribution in [1.29, 1.82) is 0 Å². The van der Waals surface area contributed by atoms with Crippen LogP contribution in [-0.4, -0.2) is 49.4 Å². The van der Waals surface area contributed by atoms with E-state index in [0.717, 1.165) is 0 Å². The van der Waals surface area contributed by atoms with Gasteiger partial charge in [0.2, 0.25) is 0 Å². The fraction of sp³-hybridized carbons (Fsp3) is 0.435. The normalized spacial score (nSPS) is 14.0. The first-order valence-electron chi connectivity index (χ1n) is 10.5. The summed E-state index contributed by atoms with van der Waals surface area (Å²) in [4.78, 5) is 36.8. The van der Waals surface area contributed by atoms with E-state index >= 15 is 0 Å². The number of allylic oxidation sites excluding steroid dienone is 2. The Hall–Kier alpha value is -3.20. The number of dihydropyridines is 1. The SMILES string of the molecule is CCOC(=O)C1=C(C)NC(C)=C(C(=O)OCC)C1c1cc(Cl)c(OCC(=O)O)c(OCC)c1. The lowest BCUT2D eigenvalue weighted by atomic mass is 9.80. The van der Waals surface area contributed by atoms with Crippen LogP contribution in [0.4, 0.5) is 0 Å². The largest absolute Gasteiger partial charge is 0.490 e.